The number of rotatable bonds is 8. The van der Waals surface area contributed by atoms with E-state index < -0.39 is 0 Å². The summed E-state index contributed by atoms with van der Waals surface area (Å²) in [5.74, 6) is 0.943. The van der Waals surface area contributed by atoms with Crippen molar-refractivity contribution in [2.45, 2.75) is 64.5 Å². The molecular formula is C14H28N2. The van der Waals surface area contributed by atoms with Crippen LogP contribution in [0.25, 0.3) is 0 Å². The van der Waals surface area contributed by atoms with Gasteiger partial charge in [0, 0.05) is 12.1 Å². The maximum absolute atomic E-state index is 3.60. The Morgan fingerprint density at radius 2 is 1.88 bits per heavy atom. The summed E-state index contributed by atoms with van der Waals surface area (Å²) in [7, 11) is 0. The molecule has 2 atom stereocenters. The standard InChI is InChI=1S/C14H28N2/c1-3-9-15-11-12-5-8-14(12)16(10-4-2)13-6-7-13/h12-15H,3-11H2,1-2H3. The molecule has 2 nitrogen and oxygen atoms in total. The summed E-state index contributed by atoms with van der Waals surface area (Å²) in [6.45, 7) is 8.35. The van der Waals surface area contributed by atoms with E-state index in [4.69, 9.17) is 0 Å². The van der Waals surface area contributed by atoms with E-state index in [1.165, 1.54) is 58.2 Å². The second-order valence-electron chi connectivity index (χ2n) is 5.58. The minimum absolute atomic E-state index is 0.914. The fourth-order valence-electron chi connectivity index (χ4n) is 2.97. The lowest BCUT2D eigenvalue weighted by Gasteiger charge is -2.45. The highest BCUT2D eigenvalue weighted by Crippen LogP contribution is 2.38. The van der Waals surface area contributed by atoms with Crippen molar-refractivity contribution in [1.29, 1.82) is 0 Å². The maximum atomic E-state index is 3.60. The highest BCUT2D eigenvalue weighted by Gasteiger charge is 2.41. The van der Waals surface area contributed by atoms with E-state index in [0.29, 0.717) is 0 Å². The molecule has 0 saturated heterocycles. The van der Waals surface area contributed by atoms with Gasteiger partial charge in [0.05, 0.1) is 0 Å². The molecule has 94 valence electrons. The molecule has 0 aromatic heterocycles. The fraction of sp³-hybridized carbons (Fsp3) is 1.00. The summed E-state index contributed by atoms with van der Waals surface area (Å²) in [4.78, 5) is 2.82. The van der Waals surface area contributed by atoms with Crippen LogP contribution in [0.1, 0.15) is 52.4 Å². The summed E-state index contributed by atoms with van der Waals surface area (Å²) < 4.78 is 0. The smallest absolute Gasteiger partial charge is 0.0139 e. The molecule has 2 fully saturated rings. The molecule has 2 aliphatic rings. The average molecular weight is 224 g/mol. The zero-order chi connectivity index (χ0) is 11.4. The van der Waals surface area contributed by atoms with E-state index in [1.54, 1.807) is 0 Å². The largest absolute Gasteiger partial charge is 0.316 e. The van der Waals surface area contributed by atoms with E-state index in [1.807, 2.05) is 0 Å². The molecule has 0 aliphatic heterocycles. The highest BCUT2D eigenvalue weighted by molar-refractivity contribution is 4.96. The molecule has 16 heavy (non-hydrogen) atoms. The molecule has 0 aromatic carbocycles. The van der Waals surface area contributed by atoms with E-state index in [9.17, 15) is 0 Å². The molecule has 0 heterocycles. The molecule has 2 saturated carbocycles. The molecule has 1 N–H and O–H groups in total. The first-order valence-electron chi connectivity index (χ1n) is 7.33. The van der Waals surface area contributed by atoms with Crippen LogP contribution in [0.15, 0.2) is 0 Å². The van der Waals surface area contributed by atoms with Gasteiger partial charge in [0.15, 0.2) is 0 Å². The number of hydrogen-bond donors (Lipinski definition) is 1. The third-order valence-electron chi connectivity index (χ3n) is 4.13. The van der Waals surface area contributed by atoms with E-state index in [0.717, 1.165) is 18.0 Å². The van der Waals surface area contributed by atoms with E-state index >= 15 is 0 Å². The van der Waals surface area contributed by atoms with Crippen molar-refractivity contribution in [3.63, 3.8) is 0 Å². The van der Waals surface area contributed by atoms with Gasteiger partial charge in [-0.25, -0.2) is 0 Å². The van der Waals surface area contributed by atoms with Crippen molar-refractivity contribution in [3.05, 3.63) is 0 Å². The average Bonchev–Trinajstić information content (AvgIpc) is 3.06. The lowest BCUT2D eigenvalue weighted by molar-refractivity contribution is 0.0550. The number of nitrogens with one attached hydrogen (secondary N) is 1. The van der Waals surface area contributed by atoms with Gasteiger partial charge in [-0.05, 0) is 64.1 Å². The van der Waals surface area contributed by atoms with Crippen LogP contribution >= 0.6 is 0 Å². The Morgan fingerprint density at radius 3 is 2.38 bits per heavy atom. The third-order valence-corrected chi connectivity index (χ3v) is 4.13. The Labute approximate surface area is 101 Å². The van der Waals surface area contributed by atoms with Gasteiger partial charge in [-0.15, -0.1) is 0 Å². The predicted octanol–water partition coefficient (Wildman–Crippen LogP) is 2.64. The normalized spacial score (nSPS) is 29.4. The molecular weight excluding hydrogens is 196 g/mol. The minimum atomic E-state index is 0.914. The SMILES string of the molecule is CCCNCC1CCC1N(CCC)C1CC1. The molecule has 0 radical (unpaired) electrons. The number of nitrogens with zero attached hydrogens (tertiary/aromatic N) is 1. The summed E-state index contributed by atoms with van der Waals surface area (Å²) in [6.07, 6.45) is 8.42. The first kappa shape index (κ1) is 12.4. The second kappa shape index (κ2) is 6.02. The maximum Gasteiger partial charge on any atom is 0.0139 e. The van der Waals surface area contributed by atoms with E-state index in [2.05, 4.69) is 24.1 Å². The van der Waals surface area contributed by atoms with Crippen molar-refractivity contribution in [2.24, 2.45) is 5.92 Å². The van der Waals surface area contributed by atoms with Gasteiger partial charge >= 0.3 is 0 Å². The fourth-order valence-corrected chi connectivity index (χ4v) is 2.97. The lowest BCUT2D eigenvalue weighted by Crippen LogP contribution is -2.51. The van der Waals surface area contributed by atoms with Gasteiger partial charge in [0.2, 0.25) is 0 Å². The monoisotopic (exact) mass is 224 g/mol. The van der Waals surface area contributed by atoms with Crippen LogP contribution in [0.4, 0.5) is 0 Å². The van der Waals surface area contributed by atoms with E-state index in [-0.39, 0.29) is 0 Å². The lowest BCUT2D eigenvalue weighted by atomic mass is 9.78. The highest BCUT2D eigenvalue weighted by atomic mass is 15.2. The van der Waals surface area contributed by atoms with Crippen LogP contribution in [0.2, 0.25) is 0 Å². The van der Waals surface area contributed by atoms with Crippen LogP contribution in [0.5, 0.6) is 0 Å². The van der Waals surface area contributed by atoms with Gasteiger partial charge in [-0.1, -0.05) is 13.8 Å². The predicted molar refractivity (Wildman–Crippen MR) is 69.7 cm³/mol. The van der Waals surface area contributed by atoms with Gasteiger partial charge in [-0.2, -0.15) is 0 Å². The van der Waals surface area contributed by atoms with Gasteiger partial charge in [0.1, 0.15) is 0 Å². The topological polar surface area (TPSA) is 15.3 Å². The van der Waals surface area contributed by atoms with Crippen molar-refractivity contribution >= 4 is 0 Å². The molecule has 0 amide bonds. The molecule has 0 aromatic rings. The van der Waals surface area contributed by atoms with Crippen LogP contribution in [0.3, 0.4) is 0 Å². The molecule has 0 bridgehead atoms. The Kier molecular flexibility index (Phi) is 4.66. The zero-order valence-corrected chi connectivity index (χ0v) is 11.0. The molecule has 2 rings (SSSR count). The second-order valence-corrected chi connectivity index (χ2v) is 5.58. The van der Waals surface area contributed by atoms with Crippen molar-refractivity contribution < 1.29 is 0 Å². The van der Waals surface area contributed by atoms with Crippen molar-refractivity contribution in [2.75, 3.05) is 19.6 Å². The van der Waals surface area contributed by atoms with Crippen LogP contribution < -0.4 is 5.32 Å². The first-order valence-corrected chi connectivity index (χ1v) is 7.33. The molecule has 0 spiro atoms. The van der Waals surface area contributed by atoms with Gasteiger partial charge in [0.25, 0.3) is 0 Å². The van der Waals surface area contributed by atoms with Crippen LogP contribution in [0, 0.1) is 5.92 Å². The van der Waals surface area contributed by atoms with Crippen molar-refractivity contribution in [3.8, 4) is 0 Å². The van der Waals surface area contributed by atoms with Crippen LogP contribution in [-0.2, 0) is 0 Å². The third kappa shape index (κ3) is 2.98. The minimum Gasteiger partial charge on any atom is -0.316 e. The van der Waals surface area contributed by atoms with Gasteiger partial charge in [-0.3, -0.25) is 4.90 Å². The zero-order valence-electron chi connectivity index (χ0n) is 11.0. The summed E-state index contributed by atoms with van der Waals surface area (Å²) in [5.41, 5.74) is 0. The quantitative estimate of drug-likeness (QED) is 0.638. The number of hydrogen-bond acceptors (Lipinski definition) is 2. The Morgan fingerprint density at radius 1 is 1.06 bits per heavy atom. The van der Waals surface area contributed by atoms with Crippen molar-refractivity contribution in [1.82, 2.24) is 10.2 Å². The van der Waals surface area contributed by atoms with Gasteiger partial charge < -0.3 is 5.32 Å². The van der Waals surface area contributed by atoms with Crippen LogP contribution in [-0.4, -0.2) is 36.6 Å². The summed E-state index contributed by atoms with van der Waals surface area (Å²) >= 11 is 0. The summed E-state index contributed by atoms with van der Waals surface area (Å²) in [5, 5.41) is 3.60. The Balaban J connectivity index is 1.74. The Hall–Kier alpha value is -0.0800. The molecule has 2 unspecified atom stereocenters. The summed E-state index contributed by atoms with van der Waals surface area (Å²) in [6, 6.07) is 1.87. The molecule has 2 aliphatic carbocycles. The molecule has 2 heteroatoms. The Bertz CT molecular complexity index is 201. The first-order chi connectivity index (χ1) is 7.86.